The normalized spacial score (nSPS) is 11.2. The molecule has 28 heavy (non-hydrogen) atoms. The van der Waals surface area contributed by atoms with Crippen LogP contribution in [0.4, 0.5) is 0 Å². The molecular formula is C19H30BrN5O3. The Hall–Kier alpha value is -1.77. The second-order valence-electron chi connectivity index (χ2n) is 7.00. The largest absolute Gasteiger partial charge is 0.461 e. The number of imidazole rings is 1. The first-order valence-corrected chi connectivity index (χ1v) is 11.3. The minimum Gasteiger partial charge on any atom is -0.461 e. The molecular weight excluding hydrogens is 426 g/mol. The first kappa shape index (κ1) is 22.5. The molecule has 2 rings (SSSR count). The van der Waals surface area contributed by atoms with Gasteiger partial charge in [0.15, 0.2) is 11.3 Å². The fraction of sp³-hybridized carbons (Fsp3) is 0.737. The van der Waals surface area contributed by atoms with E-state index in [4.69, 9.17) is 4.74 Å². The predicted octanol–water partition coefficient (Wildman–Crippen LogP) is 3.67. The third kappa shape index (κ3) is 7.00. The summed E-state index contributed by atoms with van der Waals surface area (Å²) in [4.78, 5) is 28.0. The highest BCUT2D eigenvalue weighted by Gasteiger charge is 2.18. The molecule has 0 unspecified atom stereocenters. The molecule has 0 aliphatic carbocycles. The van der Waals surface area contributed by atoms with Crippen LogP contribution in [-0.2, 0) is 11.8 Å². The van der Waals surface area contributed by atoms with Gasteiger partial charge < -0.3 is 4.74 Å². The van der Waals surface area contributed by atoms with E-state index >= 15 is 0 Å². The number of aromatic nitrogens is 5. The summed E-state index contributed by atoms with van der Waals surface area (Å²) in [6.07, 6.45) is 14.8. The summed E-state index contributed by atoms with van der Waals surface area (Å²) < 4.78 is 7.53. The molecule has 0 aliphatic heterocycles. The third-order valence-electron chi connectivity index (χ3n) is 4.70. The molecule has 9 heteroatoms. The molecule has 2 heterocycles. The molecule has 0 amide bonds. The smallest absolute Gasteiger partial charge is 0.360 e. The van der Waals surface area contributed by atoms with E-state index in [0.717, 1.165) is 29.3 Å². The number of ether oxygens (including phenoxy) is 1. The molecule has 2 aromatic rings. The van der Waals surface area contributed by atoms with E-state index in [1.165, 1.54) is 69.1 Å². The van der Waals surface area contributed by atoms with Gasteiger partial charge in [-0.05, 0) is 12.8 Å². The lowest BCUT2D eigenvalue weighted by Gasteiger charge is -2.04. The first-order valence-electron chi connectivity index (χ1n) is 10.1. The summed E-state index contributed by atoms with van der Waals surface area (Å²) in [5.74, 6) is -0.565. The minimum atomic E-state index is -0.565. The summed E-state index contributed by atoms with van der Waals surface area (Å²) in [7, 11) is 1.48. The van der Waals surface area contributed by atoms with E-state index in [9.17, 15) is 9.59 Å². The number of unbranched alkanes of at least 4 members (excludes halogenated alkanes) is 10. The molecule has 0 atom stereocenters. The number of carbonyl (C=O) groups is 1. The minimum absolute atomic E-state index is 0.0290. The van der Waals surface area contributed by atoms with E-state index in [0.29, 0.717) is 6.61 Å². The van der Waals surface area contributed by atoms with Crippen LogP contribution in [0, 0.1) is 0 Å². The Morgan fingerprint density at radius 3 is 2.18 bits per heavy atom. The monoisotopic (exact) mass is 455 g/mol. The number of carbonyl (C=O) groups excluding carboxylic acids is 1. The summed E-state index contributed by atoms with van der Waals surface area (Å²) in [5.41, 5.74) is -0.253. The number of nitrogens with zero attached hydrogens (tertiary/aromatic N) is 5. The fourth-order valence-corrected chi connectivity index (χ4v) is 3.44. The van der Waals surface area contributed by atoms with Crippen molar-refractivity contribution in [2.24, 2.45) is 7.05 Å². The van der Waals surface area contributed by atoms with Crippen molar-refractivity contribution in [1.82, 2.24) is 24.4 Å². The van der Waals surface area contributed by atoms with Gasteiger partial charge in [-0.1, -0.05) is 78.9 Å². The van der Waals surface area contributed by atoms with Gasteiger partial charge in [-0.15, -0.1) is 5.10 Å². The predicted molar refractivity (Wildman–Crippen MR) is 111 cm³/mol. The highest BCUT2D eigenvalue weighted by molar-refractivity contribution is 9.09. The molecule has 0 spiro atoms. The van der Waals surface area contributed by atoms with Crippen LogP contribution in [0.3, 0.4) is 0 Å². The molecule has 156 valence electrons. The summed E-state index contributed by atoms with van der Waals surface area (Å²) in [5, 5.41) is 8.64. The fourth-order valence-electron chi connectivity index (χ4n) is 3.05. The van der Waals surface area contributed by atoms with Crippen molar-refractivity contribution in [3.8, 4) is 0 Å². The number of alkyl halides is 1. The van der Waals surface area contributed by atoms with E-state index in [1.54, 1.807) is 0 Å². The maximum Gasteiger partial charge on any atom is 0.360 e. The van der Waals surface area contributed by atoms with Crippen LogP contribution in [0.15, 0.2) is 11.1 Å². The lowest BCUT2D eigenvalue weighted by atomic mass is 10.1. The van der Waals surface area contributed by atoms with Gasteiger partial charge >= 0.3 is 11.7 Å². The number of esters is 1. The van der Waals surface area contributed by atoms with Crippen LogP contribution in [-0.4, -0.2) is 42.3 Å². The second kappa shape index (κ2) is 12.6. The third-order valence-corrected chi connectivity index (χ3v) is 5.26. The number of fused-ring (bicyclic) bond motifs is 1. The van der Waals surface area contributed by atoms with Crippen molar-refractivity contribution in [3.05, 3.63) is 22.5 Å². The Bertz CT molecular complexity index is 789. The van der Waals surface area contributed by atoms with E-state index in [1.807, 2.05) is 0 Å². The summed E-state index contributed by atoms with van der Waals surface area (Å²) >= 11 is 3.46. The maximum absolute atomic E-state index is 12.1. The van der Waals surface area contributed by atoms with Crippen molar-refractivity contribution >= 4 is 27.5 Å². The van der Waals surface area contributed by atoms with Crippen molar-refractivity contribution < 1.29 is 9.53 Å². The van der Waals surface area contributed by atoms with E-state index in [-0.39, 0.29) is 11.3 Å². The van der Waals surface area contributed by atoms with E-state index in [2.05, 4.69) is 31.2 Å². The van der Waals surface area contributed by atoms with Gasteiger partial charge in [0, 0.05) is 12.4 Å². The molecule has 2 aromatic heterocycles. The molecule has 0 radical (unpaired) electrons. The zero-order valence-electron chi connectivity index (χ0n) is 16.6. The lowest BCUT2D eigenvalue weighted by molar-refractivity contribution is 0.0493. The van der Waals surface area contributed by atoms with Gasteiger partial charge in [-0.2, -0.15) is 4.68 Å². The Labute approximate surface area is 173 Å². The van der Waals surface area contributed by atoms with Crippen molar-refractivity contribution in [2.75, 3.05) is 11.9 Å². The maximum atomic E-state index is 12.1. The Balaban J connectivity index is 1.54. The molecule has 0 N–H and O–H groups in total. The van der Waals surface area contributed by atoms with Crippen LogP contribution in [0.25, 0.3) is 5.65 Å². The zero-order chi connectivity index (χ0) is 20.2. The SMILES string of the molecule is Cn1nnc2c(C(=O)OCCCCCCCCCCCCCBr)ncn2c1=O. The number of rotatable bonds is 14. The van der Waals surface area contributed by atoms with Gasteiger partial charge in [0.2, 0.25) is 0 Å². The average molecular weight is 456 g/mol. The second-order valence-corrected chi connectivity index (χ2v) is 7.79. The highest BCUT2D eigenvalue weighted by Crippen LogP contribution is 2.12. The number of hydrogen-bond acceptors (Lipinski definition) is 6. The Morgan fingerprint density at radius 1 is 1.00 bits per heavy atom. The van der Waals surface area contributed by atoms with Gasteiger partial charge in [0.05, 0.1) is 6.61 Å². The molecule has 0 saturated carbocycles. The number of halogens is 1. The van der Waals surface area contributed by atoms with Gasteiger partial charge in [-0.3, -0.25) is 0 Å². The molecule has 0 aliphatic rings. The first-order chi connectivity index (χ1) is 13.6. The Kier molecular flexibility index (Phi) is 10.2. The van der Waals surface area contributed by atoms with Crippen molar-refractivity contribution in [3.63, 3.8) is 0 Å². The summed E-state index contributed by atoms with van der Waals surface area (Å²) in [6.45, 7) is 0.351. The standard InChI is InChI=1S/C19H30BrN5O3/c1-24-19(27)25-15-21-16(17(25)22-23-24)18(26)28-14-12-10-8-6-4-2-3-5-7-9-11-13-20/h15H,2-14H2,1H3. The van der Waals surface area contributed by atoms with Crippen LogP contribution in [0.1, 0.15) is 81.1 Å². The van der Waals surface area contributed by atoms with Gasteiger partial charge in [-0.25, -0.2) is 19.0 Å². The van der Waals surface area contributed by atoms with Crippen molar-refractivity contribution in [1.29, 1.82) is 0 Å². The van der Waals surface area contributed by atoms with Crippen molar-refractivity contribution in [2.45, 2.75) is 70.6 Å². The quantitative estimate of drug-likeness (QED) is 0.245. The van der Waals surface area contributed by atoms with Crippen LogP contribution in [0.5, 0.6) is 0 Å². The number of aryl methyl sites for hydroxylation is 1. The molecule has 0 saturated heterocycles. The van der Waals surface area contributed by atoms with Gasteiger partial charge in [0.1, 0.15) is 6.33 Å². The highest BCUT2D eigenvalue weighted by atomic mass is 79.9. The lowest BCUT2D eigenvalue weighted by Crippen LogP contribution is -2.27. The zero-order valence-corrected chi connectivity index (χ0v) is 18.2. The molecule has 0 fully saturated rings. The molecule has 0 aromatic carbocycles. The number of hydrogen-bond donors (Lipinski definition) is 0. The average Bonchev–Trinajstić information content (AvgIpc) is 3.13. The molecule has 8 nitrogen and oxygen atoms in total. The topological polar surface area (TPSA) is 91.4 Å². The summed E-state index contributed by atoms with van der Waals surface area (Å²) in [6, 6.07) is 0. The Morgan fingerprint density at radius 2 is 1.57 bits per heavy atom. The van der Waals surface area contributed by atoms with Crippen LogP contribution in [0.2, 0.25) is 0 Å². The van der Waals surface area contributed by atoms with Crippen LogP contribution < -0.4 is 5.69 Å². The van der Waals surface area contributed by atoms with Crippen LogP contribution >= 0.6 is 15.9 Å². The molecule has 0 bridgehead atoms. The van der Waals surface area contributed by atoms with Gasteiger partial charge in [0.25, 0.3) is 0 Å². The van der Waals surface area contributed by atoms with E-state index < -0.39 is 11.7 Å².